The number of epoxide rings is 1. The van der Waals surface area contributed by atoms with Crippen LogP contribution < -0.4 is 15.4 Å². The van der Waals surface area contributed by atoms with Gasteiger partial charge in [-0.1, -0.05) is 54.5 Å². The van der Waals surface area contributed by atoms with E-state index in [0.29, 0.717) is 43.4 Å². The van der Waals surface area contributed by atoms with Crippen LogP contribution in [0.25, 0.3) is 0 Å². The van der Waals surface area contributed by atoms with Gasteiger partial charge in [0.15, 0.2) is 5.72 Å². The lowest BCUT2D eigenvalue weighted by atomic mass is 9.83. The van der Waals surface area contributed by atoms with Crippen molar-refractivity contribution in [2.45, 2.75) is 151 Å². The van der Waals surface area contributed by atoms with E-state index in [0.717, 1.165) is 16.0 Å². The molecule has 7 amide bonds. The summed E-state index contributed by atoms with van der Waals surface area (Å²) < 4.78 is 46.2. The molecule has 26 heteroatoms. The van der Waals surface area contributed by atoms with Crippen LogP contribution in [-0.2, 0) is 74.8 Å². The highest BCUT2D eigenvalue weighted by Gasteiger charge is 2.64. The van der Waals surface area contributed by atoms with Gasteiger partial charge < -0.3 is 63.0 Å². The summed E-state index contributed by atoms with van der Waals surface area (Å²) in [5, 5.41) is 16.9. The normalized spacial score (nSPS) is 29.0. The molecule has 0 radical (unpaired) electrons. The van der Waals surface area contributed by atoms with Gasteiger partial charge in [0.1, 0.15) is 60.8 Å². The van der Waals surface area contributed by atoms with Crippen molar-refractivity contribution in [3.8, 4) is 5.75 Å². The molecule has 3 saturated heterocycles. The van der Waals surface area contributed by atoms with E-state index < -0.39 is 84.0 Å². The molecule has 24 nitrogen and oxygen atoms in total. The molecule has 3 unspecified atom stereocenters. The third-order valence-corrected chi connectivity index (χ3v) is 17.2. The topological polar surface area (TPSA) is 288 Å². The molecular formula is C58H81ClN6O18S. The van der Waals surface area contributed by atoms with Crippen LogP contribution in [0.1, 0.15) is 90.2 Å². The lowest BCUT2D eigenvalue weighted by Gasteiger charge is -2.42. The lowest BCUT2D eigenvalue weighted by Crippen LogP contribution is -2.63. The van der Waals surface area contributed by atoms with Crippen molar-refractivity contribution >= 4 is 77.0 Å². The first-order chi connectivity index (χ1) is 39.8. The van der Waals surface area contributed by atoms with Crippen molar-refractivity contribution in [2.24, 2.45) is 5.92 Å². The average molecular weight is 1220 g/mol. The van der Waals surface area contributed by atoms with Gasteiger partial charge in [0.05, 0.1) is 36.0 Å². The zero-order valence-corrected chi connectivity index (χ0v) is 51.1. The number of carbonyl (C=O) groups is 9. The predicted octanol–water partition coefficient (Wildman–Crippen LogP) is 4.68. The lowest BCUT2D eigenvalue weighted by molar-refractivity contribution is -0.162. The number of ketones is 1. The molecular weight excluding hydrogens is 1140 g/mol. The fourth-order valence-electron chi connectivity index (χ4n) is 10.5. The summed E-state index contributed by atoms with van der Waals surface area (Å²) in [6.45, 7) is 6.66. The monoisotopic (exact) mass is 1220 g/mol. The highest BCUT2D eigenvalue weighted by molar-refractivity contribution is 8.00. The summed E-state index contributed by atoms with van der Waals surface area (Å²) in [6.07, 6.45) is 5.68. The largest absolute Gasteiger partial charge is 0.495 e. The van der Waals surface area contributed by atoms with Crippen LogP contribution in [-0.4, -0.2) is 219 Å². The molecule has 84 heavy (non-hydrogen) atoms. The molecule has 0 saturated carbocycles. The third-order valence-electron chi connectivity index (χ3n) is 15.9. The van der Waals surface area contributed by atoms with Gasteiger partial charge in [0.2, 0.25) is 23.6 Å². The zero-order chi connectivity index (χ0) is 61.6. The van der Waals surface area contributed by atoms with Crippen LogP contribution in [0.15, 0.2) is 48.1 Å². The van der Waals surface area contributed by atoms with Crippen molar-refractivity contribution in [3.63, 3.8) is 0 Å². The van der Waals surface area contributed by atoms with Crippen LogP contribution in [0.2, 0.25) is 5.02 Å². The Balaban J connectivity index is 0.966. The van der Waals surface area contributed by atoms with Gasteiger partial charge >= 0.3 is 24.2 Å². The van der Waals surface area contributed by atoms with Crippen molar-refractivity contribution in [1.82, 2.24) is 30.2 Å². The first kappa shape index (κ1) is 66.9. The Morgan fingerprint density at radius 2 is 1.73 bits per heavy atom. The Labute approximate surface area is 499 Å². The number of imide groups is 1. The molecule has 11 atom stereocenters. The van der Waals surface area contributed by atoms with Gasteiger partial charge in [-0.05, 0) is 82.4 Å². The number of alkyl carbamates (subject to hydrolysis) is 1. The molecule has 3 aliphatic heterocycles. The zero-order valence-electron chi connectivity index (χ0n) is 49.5. The predicted molar refractivity (Wildman–Crippen MR) is 307 cm³/mol. The molecule has 3 heterocycles. The number of rotatable bonds is 19. The molecule has 6 rings (SSSR count). The SMILES string of the molecule is COc1cc2cc(c1Cl)CC(=O)C[C@H](OC(=O)[C@H](C)N(C)C(=O)CCOC(=O)N(C)CCN(C)C(=O)OC1/C=C/CC(OCC(=O)NCCN3C(=O)CC(SC)C3=O)CCC1)[C@]1(C)O[C@H]1[C@H](C)[C@@H]1C[C@@](O)(NC(=O)O1)[C@H](OC)/C=C/C=C(\C)C2. The number of amides is 7. The van der Waals surface area contributed by atoms with E-state index in [1.165, 1.54) is 68.7 Å². The number of likely N-dealkylation sites (tertiary alicyclic amines) is 1. The van der Waals surface area contributed by atoms with Crippen molar-refractivity contribution in [3.05, 3.63) is 64.2 Å². The van der Waals surface area contributed by atoms with Crippen molar-refractivity contribution in [1.29, 1.82) is 0 Å². The fraction of sp³-hybridized carbons (Fsp3) is 0.638. The highest BCUT2D eigenvalue weighted by Crippen LogP contribution is 2.49. The minimum absolute atomic E-state index is 0.0647. The summed E-state index contributed by atoms with van der Waals surface area (Å²) in [6, 6.07) is 2.40. The summed E-state index contributed by atoms with van der Waals surface area (Å²) >= 11 is 8.10. The molecule has 4 bridgehead atoms. The standard InChI is InChI=1S/C58H81ClN6O18S/c1-34-14-11-19-45(77-9)58(75)32-43(81-54(72)61-58)35(2)51-57(4,83-51)46(30-39(66)29-38-27-37(26-34)28-42(76-8)50(38)59)82-53(71)36(3)64(7)48(68)20-25-78-55(73)62(5)23-24-63(6)56(74)80-41-17-12-15-40(16-13-18-41)79-33-47(67)60-21-22-65-49(69)31-44(84-10)52(65)70/h11-12,14,17,19,27-28,35-36,40-41,43-46,51,75H,13,15-16,18,20-26,29-33H2,1-10H3,(H,60,67)(H,61,72)/b17-12+,19-11+,34-14+/t35-,36+,40?,41?,43+,44?,45-,46+,51+,57+,58+/m1/s1. The van der Waals surface area contributed by atoms with Gasteiger partial charge in [0.25, 0.3) is 0 Å². The maximum atomic E-state index is 14.1. The minimum atomic E-state index is -1.89. The smallest absolute Gasteiger partial charge is 0.410 e. The molecule has 1 aromatic rings. The quantitative estimate of drug-likeness (QED) is 0.0557. The molecule has 464 valence electrons. The molecule has 5 aliphatic rings. The van der Waals surface area contributed by atoms with Gasteiger partial charge in [-0.2, -0.15) is 11.8 Å². The van der Waals surface area contributed by atoms with Crippen LogP contribution in [0.3, 0.4) is 0 Å². The first-order valence-electron chi connectivity index (χ1n) is 28.1. The molecule has 1 aromatic carbocycles. The number of aliphatic hydroxyl groups is 1. The molecule has 2 aliphatic carbocycles. The first-order valence-corrected chi connectivity index (χ1v) is 29.8. The van der Waals surface area contributed by atoms with E-state index in [2.05, 4.69) is 10.6 Å². The number of likely N-dealkylation sites (N-methyl/N-ethyl adjacent to an activating group) is 3. The number of allylic oxidation sites excluding steroid dienone is 3. The van der Waals surface area contributed by atoms with E-state index in [4.69, 9.17) is 49.5 Å². The number of ether oxygens (including phenoxy) is 8. The fourth-order valence-corrected chi connectivity index (χ4v) is 11.4. The highest BCUT2D eigenvalue weighted by atomic mass is 35.5. The number of fused-ring (bicyclic) bond motifs is 5. The van der Waals surface area contributed by atoms with Crippen LogP contribution >= 0.6 is 23.4 Å². The number of carbonyl (C=O) groups excluding carboxylic acids is 9. The second-order valence-corrected chi connectivity index (χ2v) is 23.5. The second kappa shape index (κ2) is 30.2. The Hall–Kier alpha value is -6.25. The maximum Gasteiger partial charge on any atom is 0.410 e. The summed E-state index contributed by atoms with van der Waals surface area (Å²) in [5.41, 5.74) is -0.996. The maximum absolute atomic E-state index is 14.1. The number of halogens is 1. The van der Waals surface area contributed by atoms with E-state index >= 15 is 0 Å². The Morgan fingerprint density at radius 1 is 1.00 bits per heavy atom. The summed E-state index contributed by atoms with van der Waals surface area (Å²) in [4.78, 5) is 122. The minimum Gasteiger partial charge on any atom is -0.495 e. The third kappa shape index (κ3) is 17.7. The Bertz CT molecular complexity index is 2690. The van der Waals surface area contributed by atoms with E-state index in [1.807, 2.05) is 25.1 Å². The number of nitrogens with one attached hydrogen (secondary N) is 2. The number of esters is 1. The summed E-state index contributed by atoms with van der Waals surface area (Å²) in [5.74, 6) is -2.86. The van der Waals surface area contributed by atoms with Crippen LogP contribution in [0.5, 0.6) is 5.75 Å². The Kier molecular flexibility index (Phi) is 24.0. The molecule has 0 spiro atoms. The number of hydrogen-bond acceptors (Lipinski definition) is 19. The van der Waals surface area contributed by atoms with E-state index in [1.54, 1.807) is 44.4 Å². The van der Waals surface area contributed by atoms with Gasteiger partial charge in [0, 0.05) is 86.0 Å². The van der Waals surface area contributed by atoms with Gasteiger partial charge in [-0.15, -0.1) is 0 Å². The van der Waals surface area contributed by atoms with Gasteiger partial charge in [-0.3, -0.25) is 34.2 Å². The number of nitrogens with zero attached hydrogens (tertiary/aromatic N) is 4. The molecule has 0 aromatic heterocycles. The van der Waals surface area contributed by atoms with E-state index in [9.17, 15) is 48.3 Å². The number of benzene rings is 1. The van der Waals surface area contributed by atoms with E-state index in [-0.39, 0.29) is 111 Å². The average Bonchev–Trinajstić information content (AvgIpc) is 2.30. The van der Waals surface area contributed by atoms with Crippen molar-refractivity contribution in [2.75, 3.05) is 81.0 Å². The number of methoxy groups -OCH3 is 2. The number of hydrogen-bond donors (Lipinski definition) is 3. The van der Waals surface area contributed by atoms with Crippen LogP contribution in [0, 0.1) is 5.92 Å². The molecule has 3 fully saturated rings. The van der Waals surface area contributed by atoms with Crippen LogP contribution in [0.4, 0.5) is 14.4 Å². The van der Waals surface area contributed by atoms with Gasteiger partial charge in [-0.25, -0.2) is 19.2 Å². The Morgan fingerprint density at radius 3 is 2.42 bits per heavy atom. The van der Waals surface area contributed by atoms with Crippen molar-refractivity contribution < 1.29 is 86.2 Å². The second-order valence-electron chi connectivity index (χ2n) is 22.1. The molecule has 3 N–H and O–H groups in total. The number of Topliss-reactive ketones (excluding diaryl/α,β-unsaturated/α-hetero) is 1. The number of thioether (sulfide) groups is 1. The summed E-state index contributed by atoms with van der Waals surface area (Å²) in [7, 11) is 7.27.